The first-order valence-electron chi connectivity index (χ1n) is 8.45. The van der Waals surface area contributed by atoms with Crippen LogP contribution in [0.1, 0.15) is 31.7 Å². The number of nitrogens with zero attached hydrogens (tertiary/aromatic N) is 1. The summed E-state index contributed by atoms with van der Waals surface area (Å²) in [6.45, 7) is 3.92. The zero-order chi connectivity index (χ0) is 19.1. The molecule has 2 aromatic heterocycles. The third-order valence-electron chi connectivity index (χ3n) is 4.85. The van der Waals surface area contributed by atoms with Crippen LogP contribution < -0.4 is 4.90 Å². The van der Waals surface area contributed by atoms with Crippen molar-refractivity contribution in [2.45, 2.75) is 19.9 Å². The van der Waals surface area contributed by atoms with Crippen LogP contribution in [0.2, 0.25) is 0 Å². The smallest absolute Gasteiger partial charge is 0.294 e. The van der Waals surface area contributed by atoms with Crippen molar-refractivity contribution in [2.75, 3.05) is 4.90 Å². The molecule has 136 valence electrons. The quantitative estimate of drug-likeness (QED) is 0.617. The van der Waals surface area contributed by atoms with E-state index < -0.39 is 17.7 Å². The highest BCUT2D eigenvalue weighted by atomic mass is 32.1. The lowest BCUT2D eigenvalue weighted by Crippen LogP contribution is -2.31. The maximum atomic E-state index is 13.1. The fourth-order valence-corrected chi connectivity index (χ4v) is 4.84. The van der Waals surface area contributed by atoms with Crippen molar-refractivity contribution < 1.29 is 14.7 Å². The normalized spacial score (nSPS) is 17.0. The molecular weight excluding hydrogens is 378 g/mol. The first-order valence-corrected chi connectivity index (χ1v) is 10.2. The molecule has 6 heteroatoms. The summed E-state index contributed by atoms with van der Waals surface area (Å²) in [4.78, 5) is 29.0. The first-order chi connectivity index (χ1) is 13.0. The van der Waals surface area contributed by atoms with E-state index in [-0.39, 0.29) is 11.4 Å². The number of aryl methyl sites for hydroxylation is 1. The number of hydrogen-bond acceptors (Lipinski definition) is 5. The number of hydrogen-bond donors (Lipinski definition) is 1. The largest absolute Gasteiger partial charge is 0.503 e. The van der Waals surface area contributed by atoms with Crippen molar-refractivity contribution in [3.63, 3.8) is 0 Å². The molecule has 1 atom stereocenters. The molecule has 0 saturated carbocycles. The second kappa shape index (κ2) is 6.79. The summed E-state index contributed by atoms with van der Waals surface area (Å²) in [5.41, 5.74) is 2.84. The van der Waals surface area contributed by atoms with E-state index >= 15 is 0 Å². The number of carbonyl (C=O) groups excluding carboxylic acids is 2. The van der Waals surface area contributed by atoms with Crippen molar-refractivity contribution in [1.82, 2.24) is 0 Å². The van der Waals surface area contributed by atoms with E-state index in [9.17, 15) is 14.7 Å². The van der Waals surface area contributed by atoms with Crippen LogP contribution in [-0.2, 0) is 4.79 Å². The van der Waals surface area contributed by atoms with Crippen LogP contribution in [0.25, 0.3) is 0 Å². The third kappa shape index (κ3) is 2.81. The van der Waals surface area contributed by atoms with Crippen molar-refractivity contribution in [1.29, 1.82) is 0 Å². The first kappa shape index (κ1) is 17.7. The molecule has 1 aliphatic heterocycles. The lowest BCUT2D eigenvalue weighted by Gasteiger charge is -2.27. The highest BCUT2D eigenvalue weighted by molar-refractivity contribution is 7.12. The number of ketones is 1. The van der Waals surface area contributed by atoms with Crippen molar-refractivity contribution in [3.8, 4) is 0 Å². The van der Waals surface area contributed by atoms with Gasteiger partial charge >= 0.3 is 0 Å². The minimum absolute atomic E-state index is 0.144. The van der Waals surface area contributed by atoms with Gasteiger partial charge in [-0.05, 0) is 53.9 Å². The van der Waals surface area contributed by atoms with Crippen molar-refractivity contribution in [2.24, 2.45) is 0 Å². The molecule has 0 radical (unpaired) electrons. The maximum absolute atomic E-state index is 13.1. The minimum Gasteiger partial charge on any atom is -0.503 e. The average molecular weight is 396 g/mol. The molecule has 3 heterocycles. The van der Waals surface area contributed by atoms with E-state index in [0.29, 0.717) is 10.6 Å². The van der Waals surface area contributed by atoms with Crippen LogP contribution in [0.3, 0.4) is 0 Å². The van der Waals surface area contributed by atoms with E-state index in [1.807, 2.05) is 54.9 Å². The molecule has 1 amide bonds. The highest BCUT2D eigenvalue weighted by Crippen LogP contribution is 2.44. The molecule has 0 spiro atoms. The van der Waals surface area contributed by atoms with E-state index in [1.165, 1.54) is 22.7 Å². The van der Waals surface area contributed by atoms with Gasteiger partial charge in [0.05, 0.1) is 10.5 Å². The van der Waals surface area contributed by atoms with Crippen molar-refractivity contribution >= 4 is 40.1 Å². The third-order valence-corrected chi connectivity index (χ3v) is 6.64. The summed E-state index contributed by atoms with van der Waals surface area (Å²) >= 11 is 2.76. The number of rotatable bonds is 4. The van der Waals surface area contributed by atoms with Crippen LogP contribution in [0.5, 0.6) is 0 Å². The molecule has 27 heavy (non-hydrogen) atoms. The maximum Gasteiger partial charge on any atom is 0.294 e. The molecule has 0 saturated heterocycles. The summed E-state index contributed by atoms with van der Waals surface area (Å²) < 4.78 is 0. The van der Waals surface area contributed by atoms with Gasteiger partial charge in [-0.25, -0.2) is 0 Å². The molecule has 1 aliphatic rings. The van der Waals surface area contributed by atoms with Gasteiger partial charge in [-0.15, -0.1) is 22.7 Å². The van der Waals surface area contributed by atoms with Gasteiger partial charge in [0.25, 0.3) is 5.91 Å². The van der Waals surface area contributed by atoms with Gasteiger partial charge in [0.1, 0.15) is 6.04 Å². The SMILES string of the molecule is Cc1cccc(N2C(=O)C(O)=C(C(=O)c3cccs3)C2c2cccs2)c1C. The summed E-state index contributed by atoms with van der Waals surface area (Å²) in [6.07, 6.45) is 0. The van der Waals surface area contributed by atoms with E-state index in [4.69, 9.17) is 0 Å². The predicted molar refractivity (Wildman–Crippen MR) is 109 cm³/mol. The molecule has 0 aliphatic carbocycles. The number of carbonyl (C=O) groups is 2. The lowest BCUT2D eigenvalue weighted by atomic mass is 9.99. The molecule has 0 bridgehead atoms. The van der Waals surface area contributed by atoms with Crippen molar-refractivity contribution in [3.05, 3.63) is 85.4 Å². The Morgan fingerprint density at radius 1 is 1.04 bits per heavy atom. The number of amides is 1. The number of aliphatic hydroxyl groups excluding tert-OH is 1. The number of anilines is 1. The molecule has 4 nitrogen and oxygen atoms in total. The molecular formula is C21H17NO3S2. The molecule has 4 rings (SSSR count). The zero-order valence-electron chi connectivity index (χ0n) is 14.8. The summed E-state index contributed by atoms with van der Waals surface area (Å²) in [7, 11) is 0. The fourth-order valence-electron chi connectivity index (χ4n) is 3.34. The van der Waals surface area contributed by atoms with Gasteiger partial charge in [-0.1, -0.05) is 24.3 Å². The Labute approximate surface area is 165 Å². The van der Waals surface area contributed by atoms with Gasteiger partial charge in [0.15, 0.2) is 5.76 Å². The average Bonchev–Trinajstić information content (AvgIpc) is 3.40. The topological polar surface area (TPSA) is 57.6 Å². The minimum atomic E-state index is -0.632. The lowest BCUT2D eigenvalue weighted by molar-refractivity contribution is -0.117. The highest BCUT2D eigenvalue weighted by Gasteiger charge is 2.45. The Hall–Kier alpha value is -2.70. The van der Waals surface area contributed by atoms with Crippen LogP contribution in [-0.4, -0.2) is 16.8 Å². The predicted octanol–water partition coefficient (Wildman–Crippen LogP) is 5.21. The van der Waals surface area contributed by atoms with E-state index in [1.54, 1.807) is 17.0 Å². The number of benzene rings is 1. The van der Waals surface area contributed by atoms with Gasteiger partial charge in [0, 0.05) is 10.6 Å². The Morgan fingerprint density at radius 2 is 1.78 bits per heavy atom. The molecule has 1 unspecified atom stereocenters. The monoisotopic (exact) mass is 395 g/mol. The van der Waals surface area contributed by atoms with E-state index in [0.717, 1.165) is 16.0 Å². The Bertz CT molecular complexity index is 1050. The molecule has 1 N–H and O–H groups in total. The summed E-state index contributed by atoms with van der Waals surface area (Å²) in [5, 5.41) is 14.4. The Balaban J connectivity index is 1.90. The summed E-state index contributed by atoms with van der Waals surface area (Å²) in [6, 6.07) is 12.4. The van der Waals surface area contributed by atoms with E-state index in [2.05, 4.69) is 0 Å². The second-order valence-corrected chi connectivity index (χ2v) is 8.31. The van der Waals surface area contributed by atoms with Gasteiger partial charge in [-0.2, -0.15) is 0 Å². The Morgan fingerprint density at radius 3 is 2.44 bits per heavy atom. The molecule has 3 aromatic rings. The standard InChI is InChI=1S/C21H17NO3S2/c1-12-6-3-7-14(13(12)2)22-18(15-8-4-10-26-15)17(20(24)21(22)25)19(23)16-9-5-11-27-16/h3-11,18,24H,1-2H3. The van der Waals surface area contributed by atoms with Crippen LogP contribution in [0.15, 0.2) is 64.6 Å². The van der Waals surface area contributed by atoms with Crippen LogP contribution >= 0.6 is 22.7 Å². The number of aliphatic hydroxyl groups is 1. The number of thiophene rings is 2. The Kier molecular flexibility index (Phi) is 4.45. The summed E-state index contributed by atoms with van der Waals surface area (Å²) in [5.74, 6) is -1.31. The van der Waals surface area contributed by atoms with Crippen LogP contribution in [0, 0.1) is 13.8 Å². The zero-order valence-corrected chi connectivity index (χ0v) is 16.4. The molecule has 1 aromatic carbocycles. The number of Topliss-reactive ketones (excluding diaryl/α,β-unsaturated/α-hetero) is 1. The molecule has 0 fully saturated rings. The van der Waals surface area contributed by atoms with Crippen LogP contribution in [0.4, 0.5) is 5.69 Å². The van der Waals surface area contributed by atoms with Gasteiger partial charge in [0.2, 0.25) is 5.78 Å². The second-order valence-electron chi connectivity index (χ2n) is 6.38. The van der Waals surface area contributed by atoms with Gasteiger partial charge in [-0.3, -0.25) is 14.5 Å². The fraction of sp³-hybridized carbons (Fsp3) is 0.143. The van der Waals surface area contributed by atoms with Gasteiger partial charge < -0.3 is 5.11 Å².